The van der Waals surface area contributed by atoms with Gasteiger partial charge in [0.1, 0.15) is 5.69 Å². The molecule has 116 valence electrons. The number of thiocarbonyl (C=S) groups is 1. The summed E-state index contributed by atoms with van der Waals surface area (Å²) in [5.41, 5.74) is 5.57. The first-order valence-corrected chi connectivity index (χ1v) is 7.83. The van der Waals surface area contributed by atoms with Crippen molar-refractivity contribution in [2.45, 2.75) is 39.5 Å². The average molecular weight is 308 g/mol. The summed E-state index contributed by atoms with van der Waals surface area (Å²) in [6, 6.07) is 5.17. The van der Waals surface area contributed by atoms with E-state index in [1.807, 2.05) is 0 Å². The molecule has 1 heterocycles. The molecule has 6 heteroatoms. The van der Waals surface area contributed by atoms with E-state index in [0.717, 1.165) is 13.0 Å². The number of nitrogens with one attached hydrogen (secondary N) is 3. The molecular weight excluding hydrogens is 284 g/mol. The Bertz CT molecular complexity index is 439. The molecule has 0 spiro atoms. The number of rotatable bonds is 7. The van der Waals surface area contributed by atoms with Crippen LogP contribution in [-0.4, -0.2) is 22.5 Å². The van der Waals surface area contributed by atoms with Crippen molar-refractivity contribution >= 4 is 23.2 Å². The largest absolute Gasteiger partial charge is 0.361 e. The maximum Gasteiger partial charge on any atom is 0.288 e. The molecule has 1 atom stereocenters. The topological polar surface area (TPSA) is 66.0 Å². The van der Waals surface area contributed by atoms with E-state index in [2.05, 4.69) is 35.0 Å². The van der Waals surface area contributed by atoms with E-state index >= 15 is 0 Å². The first kappa shape index (κ1) is 17.4. The highest BCUT2D eigenvalue weighted by Crippen LogP contribution is 2.10. The van der Waals surface area contributed by atoms with Crippen LogP contribution in [0.15, 0.2) is 24.4 Å². The Morgan fingerprint density at radius 3 is 2.76 bits per heavy atom. The Morgan fingerprint density at radius 1 is 1.33 bits per heavy atom. The molecule has 1 aromatic heterocycles. The lowest BCUT2D eigenvalue weighted by atomic mass is 9.99. The molecule has 0 unspecified atom stereocenters. The van der Waals surface area contributed by atoms with Crippen molar-refractivity contribution in [2.75, 3.05) is 6.54 Å². The number of carbonyl (C=O) groups is 1. The van der Waals surface area contributed by atoms with Crippen molar-refractivity contribution in [1.29, 1.82) is 0 Å². The van der Waals surface area contributed by atoms with Crippen LogP contribution in [0.4, 0.5) is 0 Å². The van der Waals surface area contributed by atoms with Gasteiger partial charge in [0, 0.05) is 12.7 Å². The lowest BCUT2D eigenvalue weighted by Gasteiger charge is -2.17. The average Bonchev–Trinajstić information content (AvgIpc) is 2.53. The van der Waals surface area contributed by atoms with Crippen molar-refractivity contribution in [1.82, 2.24) is 21.2 Å². The quantitative estimate of drug-likeness (QED) is 0.533. The molecule has 1 rings (SSSR count). The summed E-state index contributed by atoms with van der Waals surface area (Å²) in [4.78, 5) is 15.7. The highest BCUT2D eigenvalue weighted by Gasteiger charge is 2.08. The Labute approximate surface area is 131 Å². The van der Waals surface area contributed by atoms with Gasteiger partial charge in [-0.2, -0.15) is 0 Å². The van der Waals surface area contributed by atoms with Crippen molar-refractivity contribution in [3.05, 3.63) is 30.1 Å². The van der Waals surface area contributed by atoms with Gasteiger partial charge in [0.2, 0.25) is 0 Å². The van der Waals surface area contributed by atoms with E-state index in [1.165, 1.54) is 19.3 Å². The number of hydrazine groups is 1. The number of hydrogen-bond acceptors (Lipinski definition) is 3. The molecule has 0 saturated carbocycles. The van der Waals surface area contributed by atoms with Gasteiger partial charge in [-0.05, 0) is 36.7 Å². The number of pyridine rings is 1. The minimum Gasteiger partial charge on any atom is -0.361 e. The lowest BCUT2D eigenvalue weighted by molar-refractivity contribution is 0.0938. The summed E-state index contributed by atoms with van der Waals surface area (Å²) in [5, 5.41) is 3.56. The van der Waals surface area contributed by atoms with Gasteiger partial charge >= 0.3 is 0 Å². The highest BCUT2D eigenvalue weighted by molar-refractivity contribution is 7.80. The summed E-state index contributed by atoms with van der Waals surface area (Å²) in [5.74, 6) is 0.300. The minimum atomic E-state index is -0.308. The zero-order valence-electron chi connectivity index (χ0n) is 12.7. The summed E-state index contributed by atoms with van der Waals surface area (Å²) < 4.78 is 0. The van der Waals surface area contributed by atoms with E-state index in [4.69, 9.17) is 12.2 Å². The Kier molecular flexibility index (Phi) is 8.35. The second-order valence-corrected chi connectivity index (χ2v) is 5.33. The van der Waals surface area contributed by atoms with Crippen molar-refractivity contribution in [3.63, 3.8) is 0 Å². The van der Waals surface area contributed by atoms with Gasteiger partial charge in [-0.25, -0.2) is 0 Å². The molecule has 0 aliphatic heterocycles. The van der Waals surface area contributed by atoms with Crippen molar-refractivity contribution in [3.8, 4) is 0 Å². The predicted octanol–water partition coefficient (Wildman–Crippen LogP) is 2.41. The van der Waals surface area contributed by atoms with Crippen LogP contribution in [-0.2, 0) is 0 Å². The van der Waals surface area contributed by atoms with E-state index < -0.39 is 0 Å². The molecule has 0 fully saturated rings. The summed E-state index contributed by atoms with van der Waals surface area (Å²) in [6.07, 6.45) is 6.33. The van der Waals surface area contributed by atoms with Gasteiger partial charge in [-0.1, -0.05) is 39.2 Å². The molecule has 0 saturated heterocycles. The van der Waals surface area contributed by atoms with Crippen LogP contribution in [0.25, 0.3) is 0 Å². The lowest BCUT2D eigenvalue weighted by Crippen LogP contribution is -2.47. The molecule has 3 N–H and O–H groups in total. The third kappa shape index (κ3) is 7.04. The summed E-state index contributed by atoms with van der Waals surface area (Å²) >= 11 is 5.14. The zero-order valence-corrected chi connectivity index (χ0v) is 13.5. The maximum absolute atomic E-state index is 11.8. The van der Waals surface area contributed by atoms with Crippen LogP contribution in [0.5, 0.6) is 0 Å². The number of carbonyl (C=O) groups excluding carboxylic acids is 1. The molecule has 1 amide bonds. The van der Waals surface area contributed by atoms with Gasteiger partial charge < -0.3 is 5.32 Å². The van der Waals surface area contributed by atoms with E-state index in [1.54, 1.807) is 24.4 Å². The Morgan fingerprint density at radius 2 is 2.14 bits per heavy atom. The molecule has 0 radical (unpaired) electrons. The van der Waals surface area contributed by atoms with E-state index in [9.17, 15) is 4.79 Å². The van der Waals surface area contributed by atoms with Crippen LogP contribution >= 0.6 is 12.2 Å². The second kappa shape index (κ2) is 10.1. The fraction of sp³-hybridized carbons (Fsp3) is 0.533. The molecule has 0 aromatic carbocycles. The number of amides is 1. The standard InChI is InChI=1S/C15H24N4OS/c1-3-5-8-12(4-2)11-17-15(21)19-18-14(20)13-9-6-7-10-16-13/h6-7,9-10,12H,3-5,8,11H2,1-2H3,(H,18,20)(H2,17,19,21)/t12-/m0/s1. The van der Waals surface area contributed by atoms with E-state index in [-0.39, 0.29) is 5.91 Å². The normalized spacial score (nSPS) is 11.5. The Hall–Kier alpha value is -1.69. The zero-order chi connectivity index (χ0) is 15.5. The summed E-state index contributed by atoms with van der Waals surface area (Å²) in [6.45, 7) is 5.20. The predicted molar refractivity (Wildman–Crippen MR) is 88.7 cm³/mol. The van der Waals surface area contributed by atoms with Gasteiger partial charge in [0.25, 0.3) is 5.91 Å². The first-order chi connectivity index (χ1) is 10.2. The van der Waals surface area contributed by atoms with Gasteiger partial charge in [-0.15, -0.1) is 0 Å². The smallest absolute Gasteiger partial charge is 0.288 e. The van der Waals surface area contributed by atoms with Crippen LogP contribution in [0.2, 0.25) is 0 Å². The number of unbranched alkanes of at least 4 members (excludes halogenated alkanes) is 1. The first-order valence-electron chi connectivity index (χ1n) is 7.42. The van der Waals surface area contributed by atoms with Crippen LogP contribution in [0, 0.1) is 5.92 Å². The number of nitrogens with zero attached hydrogens (tertiary/aromatic N) is 1. The number of hydrogen-bond donors (Lipinski definition) is 3. The molecule has 0 aliphatic carbocycles. The minimum absolute atomic E-state index is 0.308. The van der Waals surface area contributed by atoms with Gasteiger partial charge in [0.15, 0.2) is 5.11 Å². The highest BCUT2D eigenvalue weighted by atomic mass is 32.1. The molecule has 21 heavy (non-hydrogen) atoms. The van der Waals surface area contributed by atoms with Crippen LogP contribution in [0.3, 0.4) is 0 Å². The van der Waals surface area contributed by atoms with Gasteiger partial charge in [0.05, 0.1) is 0 Å². The number of aromatic nitrogens is 1. The molecule has 0 bridgehead atoms. The van der Waals surface area contributed by atoms with E-state index in [0.29, 0.717) is 16.7 Å². The van der Waals surface area contributed by atoms with Crippen LogP contribution in [0.1, 0.15) is 50.0 Å². The maximum atomic E-state index is 11.8. The Balaban J connectivity index is 2.26. The monoisotopic (exact) mass is 308 g/mol. The van der Waals surface area contributed by atoms with Crippen molar-refractivity contribution in [2.24, 2.45) is 5.92 Å². The SMILES string of the molecule is CCCC[C@H](CC)CNC(=S)NNC(=O)c1ccccn1. The third-order valence-corrected chi connectivity index (χ3v) is 3.53. The fourth-order valence-corrected chi connectivity index (χ4v) is 2.03. The summed E-state index contributed by atoms with van der Waals surface area (Å²) in [7, 11) is 0. The molecular formula is C15H24N4OS. The van der Waals surface area contributed by atoms with Crippen molar-refractivity contribution < 1.29 is 4.79 Å². The second-order valence-electron chi connectivity index (χ2n) is 4.92. The molecule has 1 aromatic rings. The van der Waals surface area contributed by atoms with Gasteiger partial charge in [-0.3, -0.25) is 20.6 Å². The molecule has 5 nitrogen and oxygen atoms in total. The molecule has 0 aliphatic rings. The fourth-order valence-electron chi connectivity index (χ4n) is 1.90. The van der Waals surface area contributed by atoms with Crippen LogP contribution < -0.4 is 16.2 Å². The third-order valence-electron chi connectivity index (χ3n) is 3.28.